The molecule has 0 aliphatic carbocycles. The van der Waals surface area contributed by atoms with Crippen LogP contribution in [0.2, 0.25) is 4.44 Å². The Morgan fingerprint density at radius 1 is 0.789 bits per heavy atom. The van der Waals surface area contributed by atoms with Gasteiger partial charge in [-0.15, -0.1) is 0 Å². The van der Waals surface area contributed by atoms with Crippen molar-refractivity contribution in [1.82, 2.24) is 0 Å². The van der Waals surface area contributed by atoms with Crippen LogP contribution in [0.5, 0.6) is 0 Å². The first-order chi connectivity index (χ1) is 9.38. The van der Waals surface area contributed by atoms with Crippen LogP contribution in [0.25, 0.3) is 0 Å². The largest absolute Gasteiger partial charge is 1.00 e. The van der Waals surface area contributed by atoms with Gasteiger partial charge >= 0.3 is 125 Å². The summed E-state index contributed by atoms with van der Waals surface area (Å²) >= 11 is -1.32. The third kappa shape index (κ3) is 5.40. The second kappa shape index (κ2) is 8.42. The number of unbranched alkanes of at least 4 members (excludes halogenated alkanes) is 1. The zero-order chi connectivity index (χ0) is 13.3. The smallest absolute Gasteiger partial charge is 1.00 e. The summed E-state index contributed by atoms with van der Waals surface area (Å²) in [5.41, 5.74) is 3.12. The fourth-order valence-corrected chi connectivity index (χ4v) is 10.9. The second-order valence-corrected chi connectivity index (χ2v) is 12.9. The molecule has 0 amide bonds. The number of hydrogen-bond donors (Lipinski definition) is 0. The SMILES string of the molecule is CCC[CH2][Sn]([CH2]c1ccccc1)[CH2]c1ccccc1.[H-]. The molecule has 0 heterocycles. The van der Waals surface area contributed by atoms with E-state index >= 15 is 0 Å². The maximum Gasteiger partial charge on any atom is -1.00 e. The summed E-state index contributed by atoms with van der Waals surface area (Å²) in [5, 5.41) is 0. The molecular formula is C18H24Sn-. The zero-order valence-electron chi connectivity index (χ0n) is 12.8. The molecule has 101 valence electrons. The quantitative estimate of drug-likeness (QED) is 0.614. The van der Waals surface area contributed by atoms with Gasteiger partial charge in [0.15, 0.2) is 0 Å². The van der Waals surface area contributed by atoms with E-state index in [4.69, 9.17) is 0 Å². The van der Waals surface area contributed by atoms with Gasteiger partial charge in [0, 0.05) is 0 Å². The van der Waals surface area contributed by atoms with Crippen LogP contribution in [0.1, 0.15) is 32.3 Å². The minimum atomic E-state index is -1.32. The van der Waals surface area contributed by atoms with Gasteiger partial charge in [-0.25, -0.2) is 0 Å². The van der Waals surface area contributed by atoms with Gasteiger partial charge in [0.05, 0.1) is 0 Å². The van der Waals surface area contributed by atoms with Crippen molar-refractivity contribution < 1.29 is 1.43 Å². The molecule has 0 aliphatic rings. The third-order valence-corrected chi connectivity index (χ3v) is 11.7. The molecule has 0 atom stereocenters. The van der Waals surface area contributed by atoms with E-state index < -0.39 is 19.8 Å². The summed E-state index contributed by atoms with van der Waals surface area (Å²) in [6.45, 7) is 2.31. The molecule has 1 heteroatoms. The number of hydrogen-bond acceptors (Lipinski definition) is 0. The molecule has 2 aromatic rings. The van der Waals surface area contributed by atoms with Crippen LogP contribution in [-0.2, 0) is 8.87 Å². The predicted octanol–water partition coefficient (Wildman–Crippen LogP) is 4.96. The van der Waals surface area contributed by atoms with E-state index in [2.05, 4.69) is 67.6 Å². The molecule has 0 spiro atoms. The van der Waals surface area contributed by atoms with E-state index in [0.29, 0.717) is 0 Å². The van der Waals surface area contributed by atoms with Crippen molar-refractivity contribution in [2.45, 2.75) is 33.1 Å². The fraction of sp³-hybridized carbons (Fsp3) is 0.333. The Morgan fingerprint density at radius 2 is 1.26 bits per heavy atom. The molecule has 0 unspecified atom stereocenters. The molecule has 1 radical (unpaired) electrons. The molecule has 2 aromatic carbocycles. The van der Waals surface area contributed by atoms with Crippen LogP contribution in [0.4, 0.5) is 0 Å². The van der Waals surface area contributed by atoms with E-state index in [-0.39, 0.29) is 1.43 Å². The van der Waals surface area contributed by atoms with Gasteiger partial charge < -0.3 is 1.43 Å². The molecule has 0 N–H and O–H groups in total. The monoisotopic (exact) mass is 360 g/mol. The normalized spacial score (nSPS) is 10.8. The zero-order valence-corrected chi connectivity index (χ0v) is 14.7. The molecular weight excluding hydrogens is 335 g/mol. The van der Waals surface area contributed by atoms with Crippen molar-refractivity contribution in [3.63, 3.8) is 0 Å². The van der Waals surface area contributed by atoms with Crippen molar-refractivity contribution in [2.24, 2.45) is 0 Å². The number of benzene rings is 2. The Hall–Kier alpha value is -0.761. The van der Waals surface area contributed by atoms with Gasteiger partial charge in [-0.2, -0.15) is 0 Å². The first-order valence-corrected chi connectivity index (χ1v) is 13.4. The van der Waals surface area contributed by atoms with Gasteiger partial charge in [-0.3, -0.25) is 0 Å². The van der Waals surface area contributed by atoms with Crippen molar-refractivity contribution in [3.8, 4) is 0 Å². The predicted molar refractivity (Wildman–Crippen MR) is 86.9 cm³/mol. The first-order valence-electron chi connectivity index (χ1n) is 7.30. The minimum Gasteiger partial charge on any atom is -1.00 e. The molecule has 19 heavy (non-hydrogen) atoms. The van der Waals surface area contributed by atoms with Gasteiger partial charge in [0.1, 0.15) is 0 Å². The summed E-state index contributed by atoms with van der Waals surface area (Å²) in [6.07, 6.45) is 2.77. The summed E-state index contributed by atoms with van der Waals surface area (Å²) in [4.78, 5) is 0. The van der Waals surface area contributed by atoms with E-state index in [1.165, 1.54) is 26.2 Å². The van der Waals surface area contributed by atoms with Crippen molar-refractivity contribution >= 4 is 19.8 Å². The van der Waals surface area contributed by atoms with Gasteiger partial charge in [0.2, 0.25) is 0 Å². The Morgan fingerprint density at radius 3 is 1.68 bits per heavy atom. The standard InChI is InChI=1S/2C7H7.C4H9.Sn.H/c2*1-7-5-3-2-4-6-7;1-3-4-2;;/h2*2-6H,1H2;1,3-4H2,2H3;;/q;;;;-1. The second-order valence-electron chi connectivity index (χ2n) is 5.18. The van der Waals surface area contributed by atoms with E-state index in [1.807, 2.05) is 0 Å². The van der Waals surface area contributed by atoms with Crippen molar-refractivity contribution in [3.05, 3.63) is 71.8 Å². The Balaban J connectivity index is 0.00000200. The summed E-state index contributed by atoms with van der Waals surface area (Å²) in [6, 6.07) is 22.2. The first kappa shape index (κ1) is 14.6. The van der Waals surface area contributed by atoms with E-state index in [1.54, 1.807) is 11.1 Å². The van der Waals surface area contributed by atoms with Gasteiger partial charge in [0.25, 0.3) is 0 Å². The number of rotatable bonds is 7. The molecule has 0 fully saturated rings. The molecule has 0 saturated carbocycles. The Bertz CT molecular complexity index is 414. The maximum absolute atomic E-state index is 2.31. The minimum absolute atomic E-state index is 0. The molecule has 2 rings (SSSR count). The van der Waals surface area contributed by atoms with Gasteiger partial charge in [-0.1, -0.05) is 0 Å². The molecule has 0 aromatic heterocycles. The fourth-order valence-electron chi connectivity index (χ4n) is 2.44. The van der Waals surface area contributed by atoms with E-state index in [9.17, 15) is 0 Å². The maximum atomic E-state index is 2.31. The summed E-state index contributed by atoms with van der Waals surface area (Å²) in [5.74, 6) is 0. The average molecular weight is 359 g/mol. The summed E-state index contributed by atoms with van der Waals surface area (Å²) < 4.78 is 4.33. The van der Waals surface area contributed by atoms with Crippen molar-refractivity contribution in [1.29, 1.82) is 0 Å². The molecule has 0 bridgehead atoms. The van der Waals surface area contributed by atoms with Crippen LogP contribution in [0.15, 0.2) is 60.7 Å². The van der Waals surface area contributed by atoms with Crippen molar-refractivity contribution in [2.75, 3.05) is 0 Å². The topological polar surface area (TPSA) is 0 Å². The van der Waals surface area contributed by atoms with Gasteiger partial charge in [-0.05, 0) is 0 Å². The summed E-state index contributed by atoms with van der Waals surface area (Å²) in [7, 11) is 0. The van der Waals surface area contributed by atoms with Crippen LogP contribution < -0.4 is 0 Å². The molecule has 0 saturated heterocycles. The van der Waals surface area contributed by atoms with Crippen LogP contribution in [0, 0.1) is 0 Å². The third-order valence-electron chi connectivity index (χ3n) is 3.48. The average Bonchev–Trinajstić information content (AvgIpc) is 2.47. The Labute approximate surface area is 126 Å². The van der Waals surface area contributed by atoms with Crippen LogP contribution in [0.3, 0.4) is 0 Å². The van der Waals surface area contributed by atoms with Crippen LogP contribution >= 0.6 is 0 Å². The van der Waals surface area contributed by atoms with E-state index in [0.717, 1.165) is 0 Å². The van der Waals surface area contributed by atoms with Crippen LogP contribution in [-0.4, -0.2) is 19.8 Å². The molecule has 0 aliphatic heterocycles. The Kier molecular flexibility index (Phi) is 6.49. The molecule has 0 nitrogen and oxygen atoms in total.